The summed E-state index contributed by atoms with van der Waals surface area (Å²) in [5, 5.41) is 0.625. The lowest BCUT2D eigenvalue weighted by molar-refractivity contribution is 1.25. The zero-order valence-corrected chi connectivity index (χ0v) is 8.14. The van der Waals surface area contributed by atoms with E-state index in [0.29, 0.717) is 11.5 Å². The molecule has 64 valence electrons. The lowest BCUT2D eigenvalue weighted by atomic mass is 9.89. The molecule has 0 nitrogen and oxygen atoms in total. The van der Waals surface area contributed by atoms with Gasteiger partial charge in [-0.05, 0) is 11.1 Å². The average Bonchev–Trinajstić information content (AvgIpc) is 2.07. The van der Waals surface area contributed by atoms with Gasteiger partial charge in [0.25, 0.3) is 0 Å². The third kappa shape index (κ3) is 2.78. The molecule has 0 aliphatic carbocycles. The van der Waals surface area contributed by atoms with Crippen molar-refractivity contribution < 1.29 is 0 Å². The van der Waals surface area contributed by atoms with E-state index in [1.807, 2.05) is 18.2 Å². The Balaban J connectivity index is 2.99. The summed E-state index contributed by atoms with van der Waals surface area (Å²) in [6, 6.07) is 5.76. The van der Waals surface area contributed by atoms with Crippen LogP contribution in [0.25, 0.3) is 6.08 Å². The average molecular weight is 188 g/mol. The van der Waals surface area contributed by atoms with Crippen LogP contribution in [0.3, 0.4) is 0 Å². The Hall–Kier alpha value is -0.945. The van der Waals surface area contributed by atoms with Gasteiger partial charge in [-0.3, -0.25) is 0 Å². The van der Waals surface area contributed by atoms with Crippen molar-refractivity contribution in [1.82, 2.24) is 0 Å². The highest BCUT2D eigenvalue weighted by Crippen LogP contribution is 2.10. The molecule has 1 rings (SSSR count). The summed E-state index contributed by atoms with van der Waals surface area (Å²) < 4.78 is 0. The maximum atomic E-state index is 5.70. The number of hydrogen-bond acceptors (Lipinski definition) is 0. The lowest BCUT2D eigenvalue weighted by Crippen LogP contribution is -2.06. The summed E-state index contributed by atoms with van der Waals surface area (Å²) in [6.07, 6.45) is 2.40. The molecule has 0 aliphatic heterocycles. The van der Waals surface area contributed by atoms with Gasteiger partial charge in [0.2, 0.25) is 0 Å². The lowest BCUT2D eigenvalue weighted by Gasteiger charge is -2.04. The molecule has 0 amide bonds. The van der Waals surface area contributed by atoms with E-state index in [-0.39, 0.29) is 0 Å². The largest absolute Gasteiger partial charge is 0.114 e. The Morgan fingerprint density at radius 1 is 1.54 bits per heavy atom. The van der Waals surface area contributed by atoms with E-state index in [0.717, 1.165) is 16.6 Å². The maximum Gasteiger partial charge on any atom is 0.114 e. The fourth-order valence-corrected chi connectivity index (χ4v) is 1.29. The predicted octanol–water partition coefficient (Wildman–Crippen LogP) is 2.42. The molecule has 0 saturated carbocycles. The van der Waals surface area contributed by atoms with Gasteiger partial charge in [-0.25, -0.2) is 0 Å². The van der Waals surface area contributed by atoms with Gasteiger partial charge in [0.1, 0.15) is 7.85 Å². The van der Waals surface area contributed by atoms with E-state index in [1.165, 1.54) is 0 Å². The minimum atomic E-state index is 0.625. The molecular formula is C11H10BCl. The zero-order chi connectivity index (χ0) is 9.84. The molecule has 1 aromatic carbocycles. The van der Waals surface area contributed by atoms with Crippen LogP contribution in [0.1, 0.15) is 11.1 Å². The Kier molecular flexibility index (Phi) is 3.38. The Morgan fingerprint density at radius 3 is 2.77 bits per heavy atom. The number of benzene rings is 1. The molecule has 2 heteroatoms. The first-order valence-electron chi connectivity index (χ1n) is 3.97. The van der Waals surface area contributed by atoms with E-state index in [1.54, 1.807) is 6.08 Å². The van der Waals surface area contributed by atoms with Gasteiger partial charge < -0.3 is 0 Å². The predicted molar refractivity (Wildman–Crippen MR) is 60.6 cm³/mol. The minimum absolute atomic E-state index is 0.625. The van der Waals surface area contributed by atoms with Crippen molar-refractivity contribution in [3.63, 3.8) is 0 Å². The van der Waals surface area contributed by atoms with Gasteiger partial charge in [0, 0.05) is 11.5 Å². The summed E-state index contributed by atoms with van der Waals surface area (Å²) in [4.78, 5) is 0. The fraction of sp³-hybridized carbons (Fsp3) is 0.0909. The fourth-order valence-electron chi connectivity index (χ4n) is 1.13. The van der Waals surface area contributed by atoms with Crippen LogP contribution < -0.4 is 5.46 Å². The van der Waals surface area contributed by atoms with Crippen LogP contribution in [0, 0.1) is 0 Å². The van der Waals surface area contributed by atoms with Crippen LogP contribution in [0.5, 0.6) is 0 Å². The number of hydrogen-bond donors (Lipinski definition) is 0. The van der Waals surface area contributed by atoms with E-state index in [4.69, 9.17) is 19.4 Å². The highest BCUT2D eigenvalue weighted by Gasteiger charge is 1.97. The van der Waals surface area contributed by atoms with Crippen LogP contribution in [-0.2, 0) is 6.42 Å². The second kappa shape index (κ2) is 4.34. The van der Waals surface area contributed by atoms with Crippen LogP contribution in [-0.4, -0.2) is 7.85 Å². The van der Waals surface area contributed by atoms with Crippen LogP contribution in [0.15, 0.2) is 36.4 Å². The van der Waals surface area contributed by atoms with Crippen LogP contribution in [0.2, 0.25) is 0 Å². The van der Waals surface area contributed by atoms with Crippen molar-refractivity contribution >= 4 is 31.0 Å². The van der Waals surface area contributed by atoms with Crippen molar-refractivity contribution in [3.05, 3.63) is 47.5 Å². The van der Waals surface area contributed by atoms with E-state index >= 15 is 0 Å². The molecule has 0 spiro atoms. The maximum absolute atomic E-state index is 5.70. The van der Waals surface area contributed by atoms with Crippen molar-refractivity contribution in [3.8, 4) is 0 Å². The first kappa shape index (κ1) is 10.1. The Bertz CT molecular complexity index is 342. The summed E-state index contributed by atoms with van der Waals surface area (Å²) in [7, 11) is 5.70. The molecule has 2 radical (unpaired) electrons. The zero-order valence-electron chi connectivity index (χ0n) is 7.39. The molecule has 0 aliphatic rings. The molecule has 0 saturated heterocycles. The Morgan fingerprint density at radius 2 is 2.23 bits per heavy atom. The van der Waals surface area contributed by atoms with Crippen LogP contribution in [0.4, 0.5) is 0 Å². The molecule has 0 aromatic heterocycles. The van der Waals surface area contributed by atoms with E-state index < -0.39 is 0 Å². The normalized spacial score (nSPS) is 9.62. The molecular weight excluding hydrogens is 178 g/mol. The van der Waals surface area contributed by atoms with Gasteiger partial charge in [0.15, 0.2) is 0 Å². The van der Waals surface area contributed by atoms with E-state index in [2.05, 4.69) is 13.2 Å². The molecule has 1 aromatic rings. The number of halogens is 1. The molecule has 0 bridgehead atoms. The van der Waals surface area contributed by atoms with Gasteiger partial charge in [-0.2, -0.15) is 0 Å². The standard InChI is InChI=1S/C11H10BCl/c1-3-10-7-9(6-8(2)13)4-5-11(10)12/h3-5,7H,1-2,6H2. The summed E-state index contributed by atoms with van der Waals surface area (Å²) in [6.45, 7) is 7.31. The number of allylic oxidation sites excluding steroid dienone is 1. The highest BCUT2D eigenvalue weighted by atomic mass is 35.5. The van der Waals surface area contributed by atoms with Gasteiger partial charge in [-0.1, -0.05) is 54.5 Å². The SMILES string of the molecule is [B]c1ccc(CC(=C)Cl)cc1C=C. The van der Waals surface area contributed by atoms with Crippen LogP contribution >= 0.6 is 11.6 Å². The van der Waals surface area contributed by atoms with Gasteiger partial charge >= 0.3 is 0 Å². The molecule has 0 atom stereocenters. The molecule has 0 heterocycles. The highest BCUT2D eigenvalue weighted by molar-refractivity contribution is 6.34. The summed E-state index contributed by atoms with van der Waals surface area (Å²) in [5.41, 5.74) is 2.78. The molecule has 0 N–H and O–H groups in total. The quantitative estimate of drug-likeness (QED) is 0.639. The van der Waals surface area contributed by atoms with Crippen molar-refractivity contribution in [2.45, 2.75) is 6.42 Å². The number of rotatable bonds is 3. The summed E-state index contributed by atoms with van der Waals surface area (Å²) in [5.74, 6) is 0. The van der Waals surface area contributed by atoms with Gasteiger partial charge in [0.05, 0.1) is 0 Å². The molecule has 0 unspecified atom stereocenters. The first-order valence-corrected chi connectivity index (χ1v) is 4.35. The topological polar surface area (TPSA) is 0 Å². The first-order chi connectivity index (χ1) is 6.13. The van der Waals surface area contributed by atoms with Crippen molar-refractivity contribution in [2.24, 2.45) is 0 Å². The summed E-state index contributed by atoms with van der Waals surface area (Å²) >= 11 is 5.70. The third-order valence-corrected chi connectivity index (χ3v) is 1.90. The third-order valence-electron chi connectivity index (χ3n) is 1.77. The monoisotopic (exact) mass is 188 g/mol. The molecule has 0 fully saturated rings. The van der Waals surface area contributed by atoms with Crippen molar-refractivity contribution in [1.29, 1.82) is 0 Å². The second-order valence-corrected chi connectivity index (χ2v) is 3.40. The smallest absolute Gasteiger partial charge is 0.0985 e. The van der Waals surface area contributed by atoms with Gasteiger partial charge in [-0.15, -0.1) is 0 Å². The minimum Gasteiger partial charge on any atom is -0.0985 e. The van der Waals surface area contributed by atoms with E-state index in [9.17, 15) is 0 Å². The second-order valence-electron chi connectivity index (χ2n) is 2.86. The Labute approximate surface area is 85.3 Å². The van der Waals surface area contributed by atoms with Crippen molar-refractivity contribution in [2.75, 3.05) is 0 Å². The molecule has 13 heavy (non-hydrogen) atoms.